The molecule has 2 rings (SSSR count). The van der Waals surface area contributed by atoms with E-state index < -0.39 is 5.82 Å². The molecule has 82 valence electrons. The first-order valence-corrected chi connectivity index (χ1v) is 5.29. The van der Waals surface area contributed by atoms with Crippen LogP contribution in [0.25, 0.3) is 11.3 Å². The first-order chi connectivity index (χ1) is 7.58. The lowest BCUT2D eigenvalue weighted by atomic mass is 10.1. The molecule has 0 amide bonds. The predicted molar refractivity (Wildman–Crippen MR) is 62.2 cm³/mol. The van der Waals surface area contributed by atoms with Gasteiger partial charge in [0, 0.05) is 10.6 Å². The van der Waals surface area contributed by atoms with Crippen LogP contribution in [-0.2, 0) is 0 Å². The predicted octanol–water partition coefficient (Wildman–Crippen LogP) is 3.90. The van der Waals surface area contributed by atoms with Crippen molar-refractivity contribution in [1.29, 1.82) is 0 Å². The van der Waals surface area contributed by atoms with Crippen LogP contribution in [0.15, 0.2) is 24.3 Å². The topological polar surface area (TPSA) is 25.8 Å². The van der Waals surface area contributed by atoms with Crippen molar-refractivity contribution in [2.24, 2.45) is 0 Å². The summed E-state index contributed by atoms with van der Waals surface area (Å²) in [4.78, 5) is 0. The smallest absolute Gasteiger partial charge is 0.132 e. The molecule has 0 unspecified atom stereocenters. The molecule has 0 fully saturated rings. The van der Waals surface area contributed by atoms with E-state index >= 15 is 0 Å². The van der Waals surface area contributed by atoms with Crippen molar-refractivity contribution < 1.29 is 4.39 Å². The molecular weight excluding hydrogens is 250 g/mol. The van der Waals surface area contributed by atoms with Gasteiger partial charge in [0.1, 0.15) is 5.82 Å². The minimum absolute atomic E-state index is 0.293. The van der Waals surface area contributed by atoms with Gasteiger partial charge in [0.05, 0.1) is 16.4 Å². The Kier molecular flexibility index (Phi) is 3.08. The van der Waals surface area contributed by atoms with Crippen molar-refractivity contribution >= 4 is 23.2 Å². The fraction of sp³-hybridized carbons (Fsp3) is 0.0909. The van der Waals surface area contributed by atoms with Gasteiger partial charge in [0.15, 0.2) is 0 Å². The van der Waals surface area contributed by atoms with E-state index in [0.717, 1.165) is 0 Å². The third-order valence-electron chi connectivity index (χ3n) is 2.12. The van der Waals surface area contributed by atoms with Gasteiger partial charge in [0.25, 0.3) is 0 Å². The zero-order valence-electron chi connectivity index (χ0n) is 8.34. The number of benzene rings is 1. The summed E-state index contributed by atoms with van der Waals surface area (Å²) in [5, 5.41) is 8.60. The summed E-state index contributed by atoms with van der Waals surface area (Å²) in [7, 11) is 0. The summed E-state index contributed by atoms with van der Waals surface area (Å²) in [6.45, 7) is 1.73. The van der Waals surface area contributed by atoms with E-state index in [1.165, 1.54) is 18.2 Å². The summed E-state index contributed by atoms with van der Waals surface area (Å²) >= 11 is 11.7. The Morgan fingerprint density at radius 3 is 2.56 bits per heavy atom. The second-order valence-corrected chi connectivity index (χ2v) is 4.13. The molecule has 5 heteroatoms. The maximum Gasteiger partial charge on any atom is 0.132 e. The molecule has 0 saturated carbocycles. The van der Waals surface area contributed by atoms with E-state index in [0.29, 0.717) is 27.0 Å². The Morgan fingerprint density at radius 2 is 1.88 bits per heavy atom. The molecule has 0 atom stereocenters. The van der Waals surface area contributed by atoms with E-state index in [1.807, 2.05) is 0 Å². The third-order valence-corrected chi connectivity index (χ3v) is 2.74. The Hall–Kier alpha value is -1.19. The summed E-state index contributed by atoms with van der Waals surface area (Å²) in [6, 6.07) is 5.82. The largest absolute Gasteiger partial charge is 0.206 e. The molecule has 2 nitrogen and oxygen atoms in total. The van der Waals surface area contributed by atoms with Crippen LogP contribution < -0.4 is 0 Å². The zero-order chi connectivity index (χ0) is 11.7. The van der Waals surface area contributed by atoms with Crippen LogP contribution in [0.3, 0.4) is 0 Å². The van der Waals surface area contributed by atoms with Crippen LogP contribution in [0.2, 0.25) is 10.0 Å². The SMILES string of the molecule is Cc1nnc(-c2cc(Cl)ccc2F)cc1Cl. The molecule has 1 heterocycles. The fourth-order valence-corrected chi connectivity index (χ4v) is 1.57. The fourth-order valence-electron chi connectivity index (χ4n) is 1.26. The molecular formula is C11H7Cl2FN2. The summed E-state index contributed by atoms with van der Waals surface area (Å²) in [6.07, 6.45) is 0. The van der Waals surface area contributed by atoms with Gasteiger partial charge >= 0.3 is 0 Å². The van der Waals surface area contributed by atoms with E-state index in [-0.39, 0.29) is 0 Å². The van der Waals surface area contributed by atoms with Crippen molar-refractivity contribution in [3.8, 4) is 11.3 Å². The van der Waals surface area contributed by atoms with Crippen molar-refractivity contribution in [3.05, 3.63) is 45.8 Å². The first kappa shape index (κ1) is 11.3. The quantitative estimate of drug-likeness (QED) is 0.774. The minimum Gasteiger partial charge on any atom is -0.206 e. The molecule has 2 aromatic rings. The monoisotopic (exact) mass is 256 g/mol. The van der Waals surface area contributed by atoms with Gasteiger partial charge in [-0.2, -0.15) is 10.2 Å². The second kappa shape index (κ2) is 4.36. The lowest BCUT2D eigenvalue weighted by Crippen LogP contribution is -1.93. The van der Waals surface area contributed by atoms with Crippen LogP contribution in [0.5, 0.6) is 0 Å². The standard InChI is InChI=1S/C11H7Cl2FN2/c1-6-9(13)5-11(16-15-6)8-4-7(12)2-3-10(8)14/h2-5H,1H3. The molecule has 0 radical (unpaired) electrons. The maximum atomic E-state index is 13.5. The van der Waals surface area contributed by atoms with Gasteiger partial charge in [-0.25, -0.2) is 4.39 Å². The van der Waals surface area contributed by atoms with E-state index in [2.05, 4.69) is 10.2 Å². The van der Waals surface area contributed by atoms with Crippen LogP contribution in [0, 0.1) is 12.7 Å². The number of halogens is 3. The third kappa shape index (κ3) is 2.15. The van der Waals surface area contributed by atoms with Crippen LogP contribution in [-0.4, -0.2) is 10.2 Å². The van der Waals surface area contributed by atoms with E-state index in [9.17, 15) is 4.39 Å². The summed E-state index contributed by atoms with van der Waals surface area (Å²) in [5.41, 5.74) is 1.27. The van der Waals surface area contributed by atoms with Crippen molar-refractivity contribution in [2.45, 2.75) is 6.92 Å². The Labute approximate surface area is 102 Å². The van der Waals surface area contributed by atoms with E-state index in [4.69, 9.17) is 23.2 Å². The number of hydrogen-bond donors (Lipinski definition) is 0. The normalized spacial score (nSPS) is 10.5. The molecule has 0 aliphatic heterocycles. The highest BCUT2D eigenvalue weighted by Gasteiger charge is 2.09. The number of hydrogen-bond acceptors (Lipinski definition) is 2. The lowest BCUT2D eigenvalue weighted by molar-refractivity contribution is 0.630. The van der Waals surface area contributed by atoms with Gasteiger partial charge in [-0.15, -0.1) is 0 Å². The van der Waals surface area contributed by atoms with Crippen LogP contribution >= 0.6 is 23.2 Å². The Bertz CT molecular complexity index is 544. The molecule has 1 aromatic carbocycles. The minimum atomic E-state index is -0.404. The molecule has 0 bridgehead atoms. The molecule has 0 aliphatic carbocycles. The second-order valence-electron chi connectivity index (χ2n) is 3.29. The van der Waals surface area contributed by atoms with Crippen molar-refractivity contribution in [3.63, 3.8) is 0 Å². The maximum absolute atomic E-state index is 13.5. The molecule has 0 aliphatic rings. The molecule has 0 spiro atoms. The average Bonchev–Trinajstić information content (AvgIpc) is 2.26. The number of nitrogens with zero attached hydrogens (tertiary/aromatic N) is 2. The van der Waals surface area contributed by atoms with Crippen LogP contribution in [0.4, 0.5) is 4.39 Å². The highest BCUT2D eigenvalue weighted by molar-refractivity contribution is 6.31. The highest BCUT2D eigenvalue weighted by Crippen LogP contribution is 2.26. The van der Waals surface area contributed by atoms with Gasteiger partial charge in [0.2, 0.25) is 0 Å². The highest BCUT2D eigenvalue weighted by atomic mass is 35.5. The zero-order valence-corrected chi connectivity index (χ0v) is 9.85. The molecule has 0 N–H and O–H groups in total. The van der Waals surface area contributed by atoms with Crippen molar-refractivity contribution in [2.75, 3.05) is 0 Å². The molecule has 0 saturated heterocycles. The first-order valence-electron chi connectivity index (χ1n) is 4.53. The van der Waals surface area contributed by atoms with Gasteiger partial charge in [-0.3, -0.25) is 0 Å². The van der Waals surface area contributed by atoms with Gasteiger partial charge in [-0.05, 0) is 31.2 Å². The lowest BCUT2D eigenvalue weighted by Gasteiger charge is -2.04. The number of rotatable bonds is 1. The molecule has 16 heavy (non-hydrogen) atoms. The van der Waals surface area contributed by atoms with Gasteiger partial charge in [-0.1, -0.05) is 23.2 Å². The average molecular weight is 257 g/mol. The van der Waals surface area contributed by atoms with E-state index in [1.54, 1.807) is 13.0 Å². The Morgan fingerprint density at radius 1 is 1.12 bits per heavy atom. The summed E-state index contributed by atoms with van der Waals surface area (Å²) in [5.74, 6) is -0.404. The number of aryl methyl sites for hydroxylation is 1. The molecule has 1 aromatic heterocycles. The van der Waals surface area contributed by atoms with Crippen molar-refractivity contribution in [1.82, 2.24) is 10.2 Å². The summed E-state index contributed by atoms with van der Waals surface area (Å²) < 4.78 is 13.5. The number of aromatic nitrogens is 2. The Balaban J connectivity index is 2.58. The van der Waals surface area contributed by atoms with Gasteiger partial charge < -0.3 is 0 Å². The van der Waals surface area contributed by atoms with Crippen LogP contribution in [0.1, 0.15) is 5.69 Å².